The first-order chi connectivity index (χ1) is 23.2. The van der Waals surface area contributed by atoms with Gasteiger partial charge in [-0.05, 0) is 34.9 Å². The van der Waals surface area contributed by atoms with Crippen LogP contribution in [0, 0.1) is 0 Å². The lowest BCUT2D eigenvalue weighted by atomic mass is 10.1. The highest BCUT2D eigenvalue weighted by molar-refractivity contribution is 7.34. The summed E-state index contributed by atoms with van der Waals surface area (Å²) in [6.07, 6.45) is -3.83. The average Bonchev–Trinajstić information content (AvgIpc) is 3.32. The number of carbonyl (C=O) groups is 1. The van der Waals surface area contributed by atoms with Gasteiger partial charge in [-0.3, -0.25) is 9.09 Å². The fourth-order valence-corrected chi connectivity index (χ4v) is 5.57. The van der Waals surface area contributed by atoms with E-state index in [9.17, 15) is 30.2 Å². The summed E-state index contributed by atoms with van der Waals surface area (Å²) >= 11 is 0. The van der Waals surface area contributed by atoms with Crippen molar-refractivity contribution < 1.29 is 38.6 Å². The molecule has 1 unspecified atom stereocenters. The van der Waals surface area contributed by atoms with E-state index < -0.39 is 56.6 Å². The number of nitrogens with two attached hydrogens (primary N) is 1. The SMILES string of the molecule is [N-]=[N+]=N[C@]1(COc2ccccc2O[P+]([O-])=N[C@@H](Cc2ccccc2)C(=O)OCc2ccccc2)O[C@@H](n2ccc(N)nc2=O)[C@H](O)[C@@H]1O. The standard InChI is InChI=1S/C31H30N7O9P/c32-25-15-16-38(30(42)34-25)28-26(39)27(40)31(46-28,36-37-33)19-45-23-13-7-8-14-24(23)47-48(43)35-22(17-20-9-3-1-4-10-20)29(41)44-18-21-11-5-2-6-12-21/h1-16,22,26-28,39-40H,17-19H2,(H2,32,34,42)/t22-,26+,27-,28+,31+/m0/s1. The van der Waals surface area contributed by atoms with E-state index in [-0.39, 0.29) is 30.3 Å². The first kappa shape index (κ1) is 34.0. The molecular weight excluding hydrogens is 645 g/mol. The summed E-state index contributed by atoms with van der Waals surface area (Å²) in [7, 11) is -2.87. The molecular formula is C31H30N7O9P. The van der Waals surface area contributed by atoms with Crippen molar-refractivity contribution in [2.75, 3.05) is 12.3 Å². The van der Waals surface area contributed by atoms with Crippen LogP contribution in [0.1, 0.15) is 17.4 Å². The molecule has 17 heteroatoms. The van der Waals surface area contributed by atoms with Crippen molar-refractivity contribution in [3.8, 4) is 11.5 Å². The molecule has 5 rings (SSSR count). The van der Waals surface area contributed by atoms with Crippen molar-refractivity contribution in [3.05, 3.63) is 129 Å². The normalized spacial score (nSPS) is 21.1. The lowest BCUT2D eigenvalue weighted by Gasteiger charge is -2.26. The highest BCUT2D eigenvalue weighted by Crippen LogP contribution is 2.40. The monoisotopic (exact) mass is 675 g/mol. The van der Waals surface area contributed by atoms with Gasteiger partial charge < -0.3 is 35.1 Å². The molecule has 0 aliphatic carbocycles. The number of ether oxygens (including phenoxy) is 3. The Balaban J connectivity index is 1.33. The van der Waals surface area contributed by atoms with E-state index in [0.717, 1.165) is 15.7 Å². The van der Waals surface area contributed by atoms with E-state index in [2.05, 4.69) is 19.8 Å². The molecule has 4 N–H and O–H groups in total. The number of benzene rings is 3. The second-order valence-corrected chi connectivity index (χ2v) is 11.4. The number of aromatic nitrogens is 2. The van der Waals surface area contributed by atoms with Crippen LogP contribution in [0.4, 0.5) is 5.82 Å². The van der Waals surface area contributed by atoms with Crippen LogP contribution in [0.3, 0.4) is 0 Å². The fourth-order valence-electron chi connectivity index (χ4n) is 4.80. The Labute approximate surface area is 274 Å². The first-order valence-electron chi connectivity index (χ1n) is 14.5. The largest absolute Gasteiger partial charge is 0.575 e. The molecule has 2 heterocycles. The van der Waals surface area contributed by atoms with Crippen LogP contribution in [0.15, 0.2) is 112 Å². The summed E-state index contributed by atoms with van der Waals surface area (Å²) in [4.78, 5) is 45.0. The number of azide groups is 1. The molecule has 0 bridgehead atoms. The van der Waals surface area contributed by atoms with Gasteiger partial charge in [0.05, 0.1) is 0 Å². The van der Waals surface area contributed by atoms with Gasteiger partial charge in [0.1, 0.15) is 31.2 Å². The molecule has 1 aromatic heterocycles. The molecule has 1 aliphatic heterocycles. The van der Waals surface area contributed by atoms with Crippen LogP contribution < -0.4 is 25.6 Å². The Hall–Kier alpha value is -5.34. The summed E-state index contributed by atoms with van der Waals surface area (Å²) in [5.41, 5.74) is 13.2. The summed E-state index contributed by atoms with van der Waals surface area (Å²) in [6, 6.07) is 24.2. The number of anilines is 1. The smallest absolute Gasteiger partial charge is 0.395 e. The minimum Gasteiger partial charge on any atom is -0.575 e. The van der Waals surface area contributed by atoms with Gasteiger partial charge in [0.25, 0.3) is 0 Å². The van der Waals surface area contributed by atoms with E-state index >= 15 is 0 Å². The van der Waals surface area contributed by atoms with Crippen LogP contribution in [0.25, 0.3) is 10.4 Å². The number of aliphatic hydroxyl groups is 2. The maximum atomic E-state index is 13.2. The molecule has 1 saturated heterocycles. The van der Waals surface area contributed by atoms with E-state index in [1.165, 1.54) is 24.4 Å². The van der Waals surface area contributed by atoms with Gasteiger partial charge in [0.15, 0.2) is 18.0 Å². The average molecular weight is 676 g/mol. The van der Waals surface area contributed by atoms with Gasteiger partial charge in [-0.15, -0.1) is 0 Å². The minimum atomic E-state index is -2.87. The molecule has 4 aromatic rings. The van der Waals surface area contributed by atoms with E-state index in [0.29, 0.717) is 0 Å². The number of carbonyl (C=O) groups excluding carboxylic acids is 1. The lowest BCUT2D eigenvalue weighted by Crippen LogP contribution is -2.46. The first-order valence-corrected chi connectivity index (χ1v) is 15.6. The quantitative estimate of drug-likeness (QED) is 0.0612. The Morgan fingerprint density at radius 1 is 1.06 bits per heavy atom. The summed E-state index contributed by atoms with van der Waals surface area (Å²) < 4.78 is 27.6. The van der Waals surface area contributed by atoms with Gasteiger partial charge in [-0.1, -0.05) is 82.7 Å². The molecule has 3 aromatic carbocycles. The van der Waals surface area contributed by atoms with Crippen molar-refractivity contribution in [3.63, 3.8) is 0 Å². The molecule has 16 nitrogen and oxygen atoms in total. The number of nitrogens with zero attached hydrogens (tertiary/aromatic N) is 6. The molecule has 48 heavy (non-hydrogen) atoms. The lowest BCUT2D eigenvalue weighted by molar-refractivity contribution is -0.170. The van der Waals surface area contributed by atoms with Gasteiger partial charge >= 0.3 is 19.8 Å². The molecule has 0 radical (unpaired) electrons. The van der Waals surface area contributed by atoms with Crippen molar-refractivity contribution in [1.82, 2.24) is 9.55 Å². The van der Waals surface area contributed by atoms with Crippen LogP contribution in [0.2, 0.25) is 0 Å². The van der Waals surface area contributed by atoms with Crippen LogP contribution >= 0.6 is 8.17 Å². The maximum Gasteiger partial charge on any atom is 0.395 e. The van der Waals surface area contributed by atoms with Crippen molar-refractivity contribution >= 4 is 20.0 Å². The summed E-state index contributed by atoms with van der Waals surface area (Å²) in [5, 5.41) is 25.2. The number of para-hydroxylation sites is 2. The van der Waals surface area contributed by atoms with Gasteiger partial charge in [0.2, 0.25) is 11.5 Å². The Bertz CT molecular complexity index is 1860. The summed E-state index contributed by atoms with van der Waals surface area (Å²) in [6.45, 7) is -0.686. The highest BCUT2D eigenvalue weighted by atomic mass is 31.1. The predicted octanol–water partition coefficient (Wildman–Crippen LogP) is 2.75. The molecule has 0 spiro atoms. The number of rotatable bonds is 13. The van der Waals surface area contributed by atoms with Gasteiger partial charge in [0, 0.05) is 17.5 Å². The number of aliphatic hydroxyl groups excluding tert-OH is 2. The van der Waals surface area contributed by atoms with Crippen molar-refractivity contribution in [1.29, 1.82) is 0 Å². The number of esters is 1. The maximum absolute atomic E-state index is 13.2. The Morgan fingerprint density at radius 2 is 1.71 bits per heavy atom. The number of nitrogen functional groups attached to an aromatic ring is 1. The highest BCUT2D eigenvalue weighted by Gasteiger charge is 2.56. The molecule has 1 aliphatic rings. The molecule has 1 fully saturated rings. The third kappa shape index (κ3) is 8.14. The zero-order valence-corrected chi connectivity index (χ0v) is 26.0. The molecule has 0 saturated carbocycles. The Kier molecular flexibility index (Phi) is 11.0. The van der Waals surface area contributed by atoms with Crippen LogP contribution in [0.5, 0.6) is 11.5 Å². The summed E-state index contributed by atoms with van der Waals surface area (Å²) in [5.74, 6) is -0.884. The minimum absolute atomic E-state index is 0.00528. The molecule has 248 valence electrons. The Morgan fingerprint density at radius 3 is 2.38 bits per heavy atom. The van der Waals surface area contributed by atoms with Crippen molar-refractivity contribution in [2.45, 2.75) is 43.2 Å². The topological polar surface area (TPSA) is 240 Å². The van der Waals surface area contributed by atoms with Gasteiger partial charge in [-0.25, -0.2) is 9.59 Å². The van der Waals surface area contributed by atoms with E-state index in [1.54, 1.807) is 48.5 Å². The van der Waals surface area contributed by atoms with Crippen LogP contribution in [-0.4, -0.2) is 56.3 Å². The number of hydrogen-bond acceptors (Lipinski definition) is 13. The molecule has 0 amide bonds. The van der Waals surface area contributed by atoms with Gasteiger partial charge in [-0.2, -0.15) is 4.98 Å². The zero-order valence-electron chi connectivity index (χ0n) is 25.1. The fraction of sp³-hybridized carbons (Fsp3) is 0.258. The predicted molar refractivity (Wildman–Crippen MR) is 169 cm³/mol. The van der Waals surface area contributed by atoms with Crippen LogP contribution in [-0.2, 0) is 27.3 Å². The second kappa shape index (κ2) is 15.5. The second-order valence-electron chi connectivity index (χ2n) is 10.5. The number of hydrogen-bond donors (Lipinski definition) is 3. The zero-order chi connectivity index (χ0) is 34.1. The third-order valence-electron chi connectivity index (χ3n) is 7.20. The molecule has 6 atom stereocenters. The van der Waals surface area contributed by atoms with E-state index in [4.69, 9.17) is 24.5 Å². The van der Waals surface area contributed by atoms with Crippen molar-refractivity contribution in [2.24, 2.45) is 9.86 Å². The van der Waals surface area contributed by atoms with E-state index in [1.807, 2.05) is 24.3 Å². The third-order valence-corrected chi connectivity index (χ3v) is 8.02.